The van der Waals surface area contributed by atoms with Gasteiger partial charge < -0.3 is 8.97 Å². The Kier molecular flexibility index (Phi) is 5.26. The maximum atomic E-state index is 2.32. The number of rotatable bonds is 0. The lowest BCUT2D eigenvalue weighted by Gasteiger charge is -2.33. The first-order chi connectivity index (χ1) is 7.41. The van der Waals surface area contributed by atoms with Crippen LogP contribution in [0.4, 0.5) is 0 Å². The molecule has 2 heteroatoms. The Bertz CT molecular complexity index is 159. The maximum Gasteiger partial charge on any atom is 0.0782 e. The van der Waals surface area contributed by atoms with Crippen LogP contribution in [0.5, 0.6) is 0 Å². The smallest absolute Gasteiger partial charge is 0.0782 e. The van der Waals surface area contributed by atoms with Gasteiger partial charge in [-0.3, -0.25) is 0 Å². The van der Waals surface area contributed by atoms with Crippen molar-refractivity contribution >= 4 is 0 Å². The van der Waals surface area contributed by atoms with E-state index in [1.54, 1.807) is 0 Å². The molecule has 0 aliphatic carbocycles. The zero-order valence-electron chi connectivity index (χ0n) is 12.0. The fourth-order valence-corrected chi connectivity index (χ4v) is 2.74. The summed E-state index contributed by atoms with van der Waals surface area (Å²) < 4.78 is 2.50. The van der Waals surface area contributed by atoms with Gasteiger partial charge in [0.15, 0.2) is 0 Å². The fraction of sp³-hybridized carbons (Fsp3) is 1.00. The molecule has 2 nitrogen and oxygen atoms in total. The van der Waals surface area contributed by atoms with Gasteiger partial charge in [0.25, 0.3) is 0 Å². The Balaban J connectivity index is 0.000000160. The van der Waals surface area contributed by atoms with Gasteiger partial charge in [-0.15, -0.1) is 0 Å². The van der Waals surface area contributed by atoms with E-state index < -0.39 is 0 Å². The monoisotopic (exact) mass is 228 g/mol. The van der Waals surface area contributed by atoms with Crippen LogP contribution in [0.3, 0.4) is 0 Å². The third-order valence-electron chi connectivity index (χ3n) is 4.05. The minimum Gasteiger partial charge on any atom is -0.328 e. The summed E-state index contributed by atoms with van der Waals surface area (Å²) in [5.74, 6) is 0. The minimum absolute atomic E-state index is 1.25. The minimum atomic E-state index is 1.25. The molecular weight excluding hydrogens is 196 g/mol. The number of hydrogen-bond donors (Lipinski definition) is 0. The molecule has 0 N–H and O–H groups in total. The number of quaternary nitrogens is 2. The van der Waals surface area contributed by atoms with Crippen molar-refractivity contribution in [3.8, 4) is 0 Å². The summed E-state index contributed by atoms with van der Waals surface area (Å²) in [7, 11) is 9.27. The van der Waals surface area contributed by atoms with Gasteiger partial charge in [0, 0.05) is 0 Å². The van der Waals surface area contributed by atoms with Gasteiger partial charge in [-0.1, -0.05) is 0 Å². The molecule has 0 aromatic heterocycles. The van der Waals surface area contributed by atoms with Crippen LogP contribution in [0.1, 0.15) is 38.5 Å². The lowest BCUT2D eigenvalue weighted by atomic mass is 10.1. The van der Waals surface area contributed by atoms with Crippen molar-refractivity contribution in [2.24, 2.45) is 0 Å². The maximum absolute atomic E-state index is 2.32. The second kappa shape index (κ2) is 6.02. The Morgan fingerprint density at radius 1 is 0.438 bits per heavy atom. The Labute approximate surface area is 102 Å². The molecule has 2 rings (SSSR count). The first-order valence-electron chi connectivity index (χ1n) is 7.05. The van der Waals surface area contributed by atoms with Crippen LogP contribution in [0.2, 0.25) is 0 Å². The first kappa shape index (κ1) is 14.0. The van der Waals surface area contributed by atoms with Crippen molar-refractivity contribution < 1.29 is 8.97 Å². The normalized spacial score (nSPS) is 27.8. The lowest BCUT2D eigenvalue weighted by Crippen LogP contribution is -2.43. The molecule has 0 aromatic rings. The molecule has 0 aromatic carbocycles. The predicted molar refractivity (Wildman–Crippen MR) is 71.4 cm³/mol. The molecule has 0 unspecified atom stereocenters. The zero-order valence-corrected chi connectivity index (χ0v) is 12.0. The summed E-state index contributed by atoms with van der Waals surface area (Å²) in [6, 6.07) is 0. The Morgan fingerprint density at radius 2 is 0.688 bits per heavy atom. The predicted octanol–water partition coefficient (Wildman–Crippen LogP) is 2.49. The molecule has 2 aliphatic rings. The Hall–Kier alpha value is -0.0800. The van der Waals surface area contributed by atoms with Crippen LogP contribution in [-0.4, -0.2) is 63.3 Å². The standard InChI is InChI=1S/2C7H16N/c2*1-8(2)6-4-3-5-7-8/h2*3-7H2,1-2H3/q2*+1. The van der Waals surface area contributed by atoms with E-state index in [0.29, 0.717) is 0 Å². The Morgan fingerprint density at radius 3 is 0.812 bits per heavy atom. The summed E-state index contributed by atoms with van der Waals surface area (Å²) in [5.41, 5.74) is 0. The van der Waals surface area contributed by atoms with Crippen LogP contribution in [0.25, 0.3) is 0 Å². The van der Waals surface area contributed by atoms with E-state index in [-0.39, 0.29) is 0 Å². The van der Waals surface area contributed by atoms with E-state index in [2.05, 4.69) is 28.2 Å². The van der Waals surface area contributed by atoms with Crippen molar-refractivity contribution in [2.75, 3.05) is 54.4 Å². The third kappa shape index (κ3) is 5.86. The number of nitrogens with zero attached hydrogens (tertiary/aromatic N) is 2. The highest BCUT2D eigenvalue weighted by Gasteiger charge is 2.18. The van der Waals surface area contributed by atoms with E-state index in [1.807, 2.05) is 0 Å². The molecule has 0 spiro atoms. The first-order valence-corrected chi connectivity index (χ1v) is 7.05. The van der Waals surface area contributed by atoms with Crippen LogP contribution in [0, 0.1) is 0 Å². The highest BCUT2D eigenvalue weighted by Crippen LogP contribution is 2.12. The molecular formula is C14H32N2+2. The van der Waals surface area contributed by atoms with Crippen LogP contribution >= 0.6 is 0 Å². The number of hydrogen-bond acceptors (Lipinski definition) is 0. The van der Waals surface area contributed by atoms with E-state index in [1.165, 1.54) is 73.7 Å². The summed E-state index contributed by atoms with van der Waals surface area (Å²) in [6.45, 7) is 5.56. The molecule has 2 saturated heterocycles. The van der Waals surface area contributed by atoms with Crippen molar-refractivity contribution in [3.05, 3.63) is 0 Å². The van der Waals surface area contributed by atoms with Crippen LogP contribution < -0.4 is 0 Å². The molecule has 2 fully saturated rings. The highest BCUT2D eigenvalue weighted by atomic mass is 15.3. The van der Waals surface area contributed by atoms with Crippen LogP contribution in [0.15, 0.2) is 0 Å². The fourth-order valence-electron chi connectivity index (χ4n) is 2.74. The van der Waals surface area contributed by atoms with Crippen molar-refractivity contribution in [3.63, 3.8) is 0 Å². The lowest BCUT2D eigenvalue weighted by molar-refractivity contribution is -0.894. The summed E-state index contributed by atoms with van der Waals surface area (Å²) >= 11 is 0. The average Bonchev–Trinajstić information content (AvgIpc) is 2.17. The SMILES string of the molecule is C[N+]1(C)CCCCC1.C[N+]1(C)CCCCC1. The van der Waals surface area contributed by atoms with Crippen molar-refractivity contribution in [2.45, 2.75) is 38.5 Å². The molecule has 0 atom stereocenters. The summed E-state index contributed by atoms with van der Waals surface area (Å²) in [6.07, 6.45) is 8.67. The van der Waals surface area contributed by atoms with Crippen LogP contribution in [-0.2, 0) is 0 Å². The molecule has 0 radical (unpaired) electrons. The second-order valence-electron chi connectivity index (χ2n) is 6.89. The topological polar surface area (TPSA) is 0 Å². The molecule has 16 heavy (non-hydrogen) atoms. The van der Waals surface area contributed by atoms with E-state index in [9.17, 15) is 0 Å². The highest BCUT2D eigenvalue weighted by molar-refractivity contribution is 4.48. The largest absolute Gasteiger partial charge is 0.328 e. The van der Waals surface area contributed by atoms with Gasteiger partial charge in [-0.05, 0) is 38.5 Å². The van der Waals surface area contributed by atoms with Gasteiger partial charge in [0.1, 0.15) is 0 Å². The van der Waals surface area contributed by atoms with Crippen molar-refractivity contribution in [1.29, 1.82) is 0 Å². The van der Waals surface area contributed by atoms with E-state index >= 15 is 0 Å². The van der Waals surface area contributed by atoms with Gasteiger partial charge >= 0.3 is 0 Å². The summed E-state index contributed by atoms with van der Waals surface area (Å²) in [5, 5.41) is 0. The number of piperidine rings is 2. The van der Waals surface area contributed by atoms with Crippen molar-refractivity contribution in [1.82, 2.24) is 0 Å². The zero-order chi connectivity index (χ0) is 12.1. The van der Waals surface area contributed by atoms with Gasteiger partial charge in [-0.2, -0.15) is 0 Å². The second-order valence-corrected chi connectivity index (χ2v) is 6.89. The van der Waals surface area contributed by atoms with Gasteiger partial charge in [-0.25, -0.2) is 0 Å². The number of likely N-dealkylation sites (tertiary alicyclic amines) is 2. The molecule has 2 aliphatic heterocycles. The molecule has 2 heterocycles. The summed E-state index contributed by atoms with van der Waals surface area (Å²) in [4.78, 5) is 0. The quantitative estimate of drug-likeness (QED) is 0.559. The molecule has 0 amide bonds. The molecule has 96 valence electrons. The van der Waals surface area contributed by atoms with E-state index in [0.717, 1.165) is 0 Å². The third-order valence-corrected chi connectivity index (χ3v) is 4.05. The molecule has 0 saturated carbocycles. The van der Waals surface area contributed by atoms with E-state index in [4.69, 9.17) is 0 Å². The van der Waals surface area contributed by atoms with Gasteiger partial charge in [0.05, 0.1) is 54.4 Å². The average molecular weight is 228 g/mol. The molecule has 0 bridgehead atoms. The van der Waals surface area contributed by atoms with Gasteiger partial charge in [0.2, 0.25) is 0 Å².